The highest BCUT2D eigenvalue weighted by molar-refractivity contribution is 5.88. The number of pyridine rings is 1. The van der Waals surface area contributed by atoms with Crippen LogP contribution in [-0.2, 0) is 13.0 Å². The maximum Gasteiger partial charge on any atom is 0.356 e. The number of hydrogen-bond donors (Lipinski definition) is 2. The molecule has 144 valence electrons. The Morgan fingerprint density at radius 1 is 1.17 bits per heavy atom. The summed E-state index contributed by atoms with van der Waals surface area (Å²) in [6.45, 7) is 2.61. The van der Waals surface area contributed by atoms with Crippen molar-refractivity contribution in [1.82, 2.24) is 24.5 Å². The van der Waals surface area contributed by atoms with Crippen LogP contribution in [0.4, 0.5) is 5.82 Å². The first-order valence-corrected chi connectivity index (χ1v) is 9.24. The first kappa shape index (κ1) is 17.2. The van der Waals surface area contributed by atoms with Crippen LogP contribution >= 0.6 is 0 Å². The lowest BCUT2D eigenvalue weighted by molar-refractivity contribution is 0.0689. The highest BCUT2D eigenvalue weighted by Gasteiger charge is 2.29. The van der Waals surface area contributed by atoms with Crippen molar-refractivity contribution in [3.63, 3.8) is 0 Å². The highest BCUT2D eigenvalue weighted by Crippen LogP contribution is 2.38. The number of nitrogens with two attached hydrogens (primary N) is 1. The number of nitrogens with zero attached hydrogens (tertiary/aromatic N) is 5. The summed E-state index contributed by atoms with van der Waals surface area (Å²) >= 11 is 0. The number of benzene rings is 1. The van der Waals surface area contributed by atoms with E-state index in [1.807, 2.05) is 41.9 Å². The lowest BCUT2D eigenvalue weighted by Gasteiger charge is -2.17. The molecule has 29 heavy (non-hydrogen) atoms. The van der Waals surface area contributed by atoms with Gasteiger partial charge in [0.2, 0.25) is 0 Å². The van der Waals surface area contributed by atoms with Gasteiger partial charge in [-0.05, 0) is 37.1 Å². The van der Waals surface area contributed by atoms with E-state index in [0.717, 1.165) is 39.5 Å². The first-order valence-electron chi connectivity index (χ1n) is 9.24. The normalized spacial score (nSPS) is 12.4. The second-order valence-electron chi connectivity index (χ2n) is 7.04. The van der Waals surface area contributed by atoms with Crippen molar-refractivity contribution in [3.05, 3.63) is 65.5 Å². The minimum atomic E-state index is -1.04. The fraction of sp³-hybridized carbons (Fsp3) is 0.143. The third-order valence-corrected chi connectivity index (χ3v) is 5.20. The molecule has 0 saturated heterocycles. The fourth-order valence-corrected chi connectivity index (χ4v) is 3.80. The number of anilines is 1. The Labute approximate surface area is 166 Å². The van der Waals surface area contributed by atoms with E-state index in [0.29, 0.717) is 18.8 Å². The van der Waals surface area contributed by atoms with Crippen LogP contribution < -0.4 is 5.73 Å². The standard InChI is InChI=1S/C21H18N6O2/c1-12-4-2-3-5-16(12)27-20-14(19(25-27)13-6-7-18(22)23-11-13)8-9-26-17(20)10-15(24-26)21(28)29/h2-7,10-11H,8-9H2,1H3,(H2,22,23)(H,28,29). The Morgan fingerprint density at radius 3 is 2.72 bits per heavy atom. The van der Waals surface area contributed by atoms with Gasteiger partial charge in [-0.25, -0.2) is 14.5 Å². The summed E-state index contributed by atoms with van der Waals surface area (Å²) in [6.07, 6.45) is 2.41. The van der Waals surface area contributed by atoms with Crippen LogP contribution in [0.1, 0.15) is 21.6 Å². The van der Waals surface area contributed by atoms with E-state index >= 15 is 0 Å². The van der Waals surface area contributed by atoms with Crippen LogP contribution in [0, 0.1) is 6.92 Å². The van der Waals surface area contributed by atoms with Gasteiger partial charge >= 0.3 is 5.97 Å². The number of rotatable bonds is 3. The molecule has 0 fully saturated rings. The van der Waals surface area contributed by atoms with Gasteiger partial charge in [0.1, 0.15) is 5.82 Å². The van der Waals surface area contributed by atoms with Gasteiger partial charge in [-0.2, -0.15) is 10.2 Å². The number of nitrogen functional groups attached to an aromatic ring is 1. The number of aromatic nitrogens is 5. The highest BCUT2D eigenvalue weighted by atomic mass is 16.4. The molecule has 0 amide bonds. The van der Waals surface area contributed by atoms with Crippen molar-refractivity contribution in [2.75, 3.05) is 5.73 Å². The topological polar surface area (TPSA) is 112 Å². The predicted molar refractivity (Wildman–Crippen MR) is 108 cm³/mol. The predicted octanol–water partition coefficient (Wildman–Crippen LogP) is 2.94. The van der Waals surface area contributed by atoms with Gasteiger partial charge in [0.15, 0.2) is 5.69 Å². The van der Waals surface area contributed by atoms with Crippen molar-refractivity contribution in [2.45, 2.75) is 19.9 Å². The van der Waals surface area contributed by atoms with E-state index in [9.17, 15) is 9.90 Å². The van der Waals surface area contributed by atoms with Gasteiger partial charge < -0.3 is 10.8 Å². The van der Waals surface area contributed by atoms with Crippen LogP contribution in [0.2, 0.25) is 0 Å². The zero-order valence-electron chi connectivity index (χ0n) is 15.7. The van der Waals surface area contributed by atoms with E-state index in [4.69, 9.17) is 10.8 Å². The molecule has 0 radical (unpaired) electrons. The van der Waals surface area contributed by atoms with Crippen molar-refractivity contribution >= 4 is 11.8 Å². The molecular formula is C21H18N6O2. The van der Waals surface area contributed by atoms with Crippen molar-refractivity contribution in [3.8, 4) is 28.3 Å². The SMILES string of the molecule is Cc1ccccc1-n1nc(-c2ccc(N)nc2)c2c1-c1cc(C(=O)O)nn1CC2. The van der Waals surface area contributed by atoms with Gasteiger partial charge in [0.25, 0.3) is 0 Å². The van der Waals surface area contributed by atoms with E-state index in [1.165, 1.54) is 0 Å². The number of aromatic carboxylic acids is 1. The summed E-state index contributed by atoms with van der Waals surface area (Å²) in [5.74, 6) is -0.594. The molecule has 3 aromatic heterocycles. The van der Waals surface area contributed by atoms with Crippen molar-refractivity contribution in [2.24, 2.45) is 0 Å². The molecule has 0 bridgehead atoms. The van der Waals surface area contributed by atoms with Crippen LogP contribution in [-0.4, -0.2) is 35.6 Å². The molecule has 5 rings (SSSR count). The van der Waals surface area contributed by atoms with Crippen LogP contribution in [0.25, 0.3) is 28.3 Å². The van der Waals surface area contributed by atoms with Crippen LogP contribution in [0.15, 0.2) is 48.7 Å². The Kier molecular flexibility index (Phi) is 3.73. The lowest BCUT2D eigenvalue weighted by atomic mass is 10.00. The molecule has 1 aliphatic heterocycles. The van der Waals surface area contributed by atoms with Gasteiger partial charge in [0.05, 0.1) is 22.8 Å². The van der Waals surface area contributed by atoms with E-state index in [1.54, 1.807) is 23.0 Å². The molecule has 8 heteroatoms. The molecule has 0 atom stereocenters. The van der Waals surface area contributed by atoms with Gasteiger partial charge in [-0.1, -0.05) is 18.2 Å². The molecule has 0 saturated carbocycles. The Morgan fingerprint density at radius 2 is 2.00 bits per heavy atom. The zero-order chi connectivity index (χ0) is 20.1. The second-order valence-corrected chi connectivity index (χ2v) is 7.04. The molecule has 4 heterocycles. The summed E-state index contributed by atoms with van der Waals surface area (Å²) < 4.78 is 3.63. The summed E-state index contributed by atoms with van der Waals surface area (Å²) in [4.78, 5) is 15.7. The molecule has 0 spiro atoms. The van der Waals surface area contributed by atoms with E-state index in [-0.39, 0.29) is 5.69 Å². The summed E-state index contributed by atoms with van der Waals surface area (Å²) in [5, 5.41) is 18.6. The minimum absolute atomic E-state index is 0.0288. The monoisotopic (exact) mass is 386 g/mol. The number of aryl methyl sites for hydroxylation is 2. The first-order chi connectivity index (χ1) is 14.0. The molecule has 1 aliphatic rings. The van der Waals surface area contributed by atoms with Gasteiger partial charge in [-0.15, -0.1) is 0 Å². The minimum Gasteiger partial charge on any atom is -0.476 e. The second kappa shape index (κ2) is 6.30. The number of hydrogen-bond acceptors (Lipinski definition) is 5. The maximum atomic E-state index is 11.5. The summed E-state index contributed by atoms with van der Waals surface area (Å²) in [7, 11) is 0. The number of carboxylic acid groups (broad SMARTS) is 1. The number of fused-ring (bicyclic) bond motifs is 3. The quantitative estimate of drug-likeness (QED) is 0.560. The molecule has 0 unspecified atom stereocenters. The van der Waals surface area contributed by atoms with Crippen LogP contribution in [0.5, 0.6) is 0 Å². The average molecular weight is 386 g/mol. The van der Waals surface area contributed by atoms with Gasteiger partial charge in [0, 0.05) is 29.9 Å². The third-order valence-electron chi connectivity index (χ3n) is 5.20. The Balaban J connectivity index is 1.80. The third kappa shape index (κ3) is 2.68. The molecule has 0 aliphatic carbocycles. The van der Waals surface area contributed by atoms with E-state index < -0.39 is 5.97 Å². The summed E-state index contributed by atoms with van der Waals surface area (Å²) in [6, 6.07) is 13.2. The largest absolute Gasteiger partial charge is 0.476 e. The number of carboxylic acids is 1. The van der Waals surface area contributed by atoms with Crippen molar-refractivity contribution in [1.29, 1.82) is 0 Å². The number of carbonyl (C=O) groups is 1. The zero-order valence-corrected chi connectivity index (χ0v) is 15.7. The smallest absolute Gasteiger partial charge is 0.356 e. The summed E-state index contributed by atoms with van der Waals surface area (Å²) in [5.41, 5.74) is 12.1. The average Bonchev–Trinajstić information content (AvgIpc) is 3.30. The fourth-order valence-electron chi connectivity index (χ4n) is 3.80. The Bertz CT molecular complexity index is 1250. The molecule has 4 aromatic rings. The maximum absolute atomic E-state index is 11.5. The van der Waals surface area contributed by atoms with Crippen LogP contribution in [0.3, 0.4) is 0 Å². The molecule has 3 N–H and O–H groups in total. The van der Waals surface area contributed by atoms with E-state index in [2.05, 4.69) is 10.1 Å². The molecule has 1 aromatic carbocycles. The lowest BCUT2D eigenvalue weighted by Crippen LogP contribution is -2.14. The van der Waals surface area contributed by atoms with Gasteiger partial charge in [-0.3, -0.25) is 4.68 Å². The number of para-hydroxylation sites is 1. The molecular weight excluding hydrogens is 368 g/mol. The van der Waals surface area contributed by atoms with Crippen molar-refractivity contribution < 1.29 is 9.90 Å². The molecule has 8 nitrogen and oxygen atoms in total. The Hall–Kier alpha value is -3.94.